The zero-order valence-electron chi connectivity index (χ0n) is 17.4. The van der Waals surface area contributed by atoms with Crippen molar-refractivity contribution in [3.8, 4) is 40.0 Å². The Kier molecular flexibility index (Phi) is 7.94. The third-order valence-electron chi connectivity index (χ3n) is 4.41. The molecule has 4 N–H and O–H groups in total. The highest BCUT2D eigenvalue weighted by molar-refractivity contribution is 5.84. The van der Waals surface area contributed by atoms with E-state index in [0.717, 1.165) is 5.56 Å². The summed E-state index contributed by atoms with van der Waals surface area (Å²) in [5.74, 6) is 1.27. The number of hydrogen-bond acceptors (Lipinski definition) is 8. The number of carboxylic acid groups (broad SMARTS) is 1. The highest BCUT2D eigenvalue weighted by atomic mass is 16.5. The van der Waals surface area contributed by atoms with Crippen molar-refractivity contribution in [3.05, 3.63) is 41.7 Å². The zero-order chi connectivity index (χ0) is 23.0. The number of methoxy groups -OCH3 is 2. The van der Waals surface area contributed by atoms with Crippen LogP contribution >= 0.6 is 0 Å². The molecule has 0 atom stereocenters. The number of nitriles is 1. The molecule has 2 aromatic heterocycles. The standard InChI is InChI=1S/C20H21N5O3.CH2O2/c1-12-15(11-25(24-12)7-8-26)13-9-16(23-20(22)14(13)10-21)19-17(27-2)5-4-6-18(19)28-3;2-1-3/h4-6,9,11,26H,7-8H2,1-3H3,(H2,22,23);1H,(H,2,3). The van der Waals surface area contributed by atoms with E-state index in [1.165, 1.54) is 0 Å². The Morgan fingerprint density at radius 1 is 1.26 bits per heavy atom. The molecule has 0 aliphatic carbocycles. The molecule has 0 radical (unpaired) electrons. The molecule has 0 bridgehead atoms. The second kappa shape index (κ2) is 10.6. The van der Waals surface area contributed by atoms with Crippen molar-refractivity contribution in [2.75, 3.05) is 26.6 Å². The van der Waals surface area contributed by atoms with Crippen LogP contribution in [0.1, 0.15) is 11.3 Å². The molecular formula is C21H23N5O5. The number of nitrogens with zero attached hydrogens (tertiary/aromatic N) is 4. The van der Waals surface area contributed by atoms with Crippen molar-refractivity contribution >= 4 is 12.3 Å². The van der Waals surface area contributed by atoms with Gasteiger partial charge >= 0.3 is 0 Å². The number of rotatable bonds is 6. The minimum Gasteiger partial charge on any atom is -0.496 e. The molecule has 0 saturated heterocycles. The summed E-state index contributed by atoms with van der Waals surface area (Å²) in [6.45, 7) is 1.91. The van der Waals surface area contributed by atoms with Gasteiger partial charge in [0.15, 0.2) is 0 Å². The number of anilines is 1. The van der Waals surface area contributed by atoms with Crippen molar-refractivity contribution in [2.45, 2.75) is 13.5 Å². The minimum atomic E-state index is -0.250. The maximum atomic E-state index is 9.64. The number of carbonyl (C=O) groups is 1. The van der Waals surface area contributed by atoms with Crippen molar-refractivity contribution < 1.29 is 24.5 Å². The molecule has 3 rings (SSSR count). The van der Waals surface area contributed by atoms with E-state index in [0.29, 0.717) is 40.6 Å². The molecular weight excluding hydrogens is 402 g/mol. The molecule has 0 saturated carbocycles. The average molecular weight is 425 g/mol. The summed E-state index contributed by atoms with van der Waals surface area (Å²) in [4.78, 5) is 12.8. The smallest absolute Gasteiger partial charge is 0.290 e. The van der Waals surface area contributed by atoms with Gasteiger partial charge in [-0.05, 0) is 25.1 Å². The molecule has 0 fully saturated rings. The fourth-order valence-corrected chi connectivity index (χ4v) is 3.13. The van der Waals surface area contributed by atoms with Crippen LogP contribution < -0.4 is 15.2 Å². The van der Waals surface area contributed by atoms with Crippen LogP contribution in [0.4, 0.5) is 5.82 Å². The van der Waals surface area contributed by atoms with E-state index in [-0.39, 0.29) is 24.5 Å². The van der Waals surface area contributed by atoms with Gasteiger partial charge in [0, 0.05) is 17.3 Å². The zero-order valence-corrected chi connectivity index (χ0v) is 17.4. The molecule has 0 aliphatic rings. The highest BCUT2D eigenvalue weighted by Gasteiger charge is 2.20. The summed E-state index contributed by atoms with van der Waals surface area (Å²) < 4.78 is 12.6. The Morgan fingerprint density at radius 3 is 2.39 bits per heavy atom. The van der Waals surface area contributed by atoms with E-state index in [2.05, 4.69) is 16.2 Å². The van der Waals surface area contributed by atoms with Gasteiger partial charge in [-0.2, -0.15) is 10.4 Å². The number of aryl methyl sites for hydroxylation is 1. The monoisotopic (exact) mass is 425 g/mol. The Labute approximate surface area is 179 Å². The largest absolute Gasteiger partial charge is 0.496 e. The molecule has 0 amide bonds. The van der Waals surface area contributed by atoms with Gasteiger partial charge in [-0.1, -0.05) is 6.07 Å². The van der Waals surface area contributed by atoms with Crippen LogP contribution in [-0.4, -0.2) is 52.3 Å². The van der Waals surface area contributed by atoms with E-state index in [1.807, 2.05) is 13.0 Å². The molecule has 10 heteroatoms. The third-order valence-corrected chi connectivity index (χ3v) is 4.41. The first-order chi connectivity index (χ1) is 14.9. The highest BCUT2D eigenvalue weighted by Crippen LogP contribution is 2.40. The number of benzene rings is 1. The lowest BCUT2D eigenvalue weighted by molar-refractivity contribution is -0.122. The van der Waals surface area contributed by atoms with E-state index in [9.17, 15) is 10.4 Å². The molecule has 0 unspecified atom stereocenters. The fraction of sp³-hybridized carbons (Fsp3) is 0.238. The lowest BCUT2D eigenvalue weighted by atomic mass is 9.98. The van der Waals surface area contributed by atoms with Crippen LogP contribution in [0.15, 0.2) is 30.5 Å². The number of aliphatic hydroxyl groups excluding tert-OH is 1. The van der Waals surface area contributed by atoms with Gasteiger partial charge in [-0.25, -0.2) is 4.98 Å². The Balaban J connectivity index is 0.00000107. The van der Waals surface area contributed by atoms with Crippen LogP contribution in [0.25, 0.3) is 22.4 Å². The van der Waals surface area contributed by atoms with Gasteiger partial charge in [0.05, 0.1) is 44.3 Å². The summed E-state index contributed by atoms with van der Waals surface area (Å²) >= 11 is 0. The normalized spacial score (nSPS) is 9.90. The number of ether oxygens (including phenoxy) is 2. The fourth-order valence-electron chi connectivity index (χ4n) is 3.13. The SMILES string of the molecule is COc1cccc(OC)c1-c1cc(-c2cn(CCO)nc2C)c(C#N)c(N)n1.O=CO. The second-order valence-corrected chi connectivity index (χ2v) is 6.18. The van der Waals surface area contributed by atoms with Crippen LogP contribution in [0.3, 0.4) is 0 Å². The maximum Gasteiger partial charge on any atom is 0.290 e. The summed E-state index contributed by atoms with van der Waals surface area (Å²) in [5.41, 5.74) is 9.63. The predicted molar refractivity (Wildman–Crippen MR) is 114 cm³/mol. The molecule has 0 spiro atoms. The van der Waals surface area contributed by atoms with Crippen molar-refractivity contribution in [3.63, 3.8) is 0 Å². The van der Waals surface area contributed by atoms with E-state index < -0.39 is 0 Å². The first-order valence-corrected chi connectivity index (χ1v) is 9.10. The van der Waals surface area contributed by atoms with E-state index in [4.69, 9.17) is 25.1 Å². The summed E-state index contributed by atoms with van der Waals surface area (Å²) in [6.07, 6.45) is 1.78. The van der Waals surface area contributed by atoms with Gasteiger partial charge in [0.2, 0.25) is 0 Å². The van der Waals surface area contributed by atoms with Crippen LogP contribution in [0.2, 0.25) is 0 Å². The number of pyridine rings is 1. The molecule has 31 heavy (non-hydrogen) atoms. The second-order valence-electron chi connectivity index (χ2n) is 6.18. The van der Waals surface area contributed by atoms with Gasteiger partial charge in [-0.15, -0.1) is 0 Å². The summed E-state index contributed by atoms with van der Waals surface area (Å²) in [7, 11) is 3.13. The van der Waals surface area contributed by atoms with Gasteiger partial charge in [0.1, 0.15) is 28.9 Å². The predicted octanol–water partition coefficient (Wildman–Crippen LogP) is 2.08. The number of aliphatic hydroxyl groups is 1. The van der Waals surface area contributed by atoms with Crippen LogP contribution in [-0.2, 0) is 11.3 Å². The van der Waals surface area contributed by atoms with Crippen LogP contribution in [0, 0.1) is 18.3 Å². The van der Waals surface area contributed by atoms with Gasteiger partial charge < -0.3 is 25.4 Å². The minimum absolute atomic E-state index is 0.0339. The van der Waals surface area contributed by atoms with Gasteiger partial charge in [0.25, 0.3) is 6.47 Å². The topological polar surface area (TPSA) is 157 Å². The first kappa shape index (κ1) is 23.2. The number of nitrogen functional groups attached to an aromatic ring is 1. The molecule has 1 aromatic carbocycles. The molecule has 2 heterocycles. The number of aromatic nitrogens is 3. The van der Waals surface area contributed by atoms with E-state index >= 15 is 0 Å². The summed E-state index contributed by atoms with van der Waals surface area (Å²) in [5, 5.41) is 30.1. The summed E-state index contributed by atoms with van der Waals surface area (Å²) in [6, 6.07) is 9.34. The third kappa shape index (κ3) is 4.91. The van der Waals surface area contributed by atoms with Crippen molar-refractivity contribution in [1.82, 2.24) is 14.8 Å². The van der Waals surface area contributed by atoms with Crippen molar-refractivity contribution in [1.29, 1.82) is 5.26 Å². The maximum absolute atomic E-state index is 9.64. The molecule has 0 aliphatic heterocycles. The Hall–Kier alpha value is -4.10. The lowest BCUT2D eigenvalue weighted by Gasteiger charge is -2.15. The quantitative estimate of drug-likeness (QED) is 0.503. The molecule has 10 nitrogen and oxygen atoms in total. The number of nitrogens with two attached hydrogens (primary N) is 1. The van der Waals surface area contributed by atoms with Crippen LogP contribution in [0.5, 0.6) is 11.5 Å². The first-order valence-electron chi connectivity index (χ1n) is 9.10. The Bertz CT molecular complexity index is 1080. The van der Waals surface area contributed by atoms with Crippen molar-refractivity contribution in [2.24, 2.45) is 0 Å². The van der Waals surface area contributed by atoms with E-state index in [1.54, 1.807) is 43.3 Å². The van der Waals surface area contributed by atoms with Gasteiger partial charge in [-0.3, -0.25) is 9.48 Å². The lowest BCUT2D eigenvalue weighted by Crippen LogP contribution is -2.02. The average Bonchev–Trinajstić information content (AvgIpc) is 3.13. The molecule has 3 aromatic rings. The molecule has 162 valence electrons. The Morgan fingerprint density at radius 2 is 1.87 bits per heavy atom. The number of hydrogen-bond donors (Lipinski definition) is 3.